The summed E-state index contributed by atoms with van der Waals surface area (Å²) in [5.74, 6) is -1.02. The Balaban J connectivity index is 2.07. The lowest BCUT2D eigenvalue weighted by atomic mass is 10.1. The van der Waals surface area contributed by atoms with Crippen LogP contribution < -0.4 is 10.9 Å². The number of benzene rings is 2. The fourth-order valence-corrected chi connectivity index (χ4v) is 5.16. The van der Waals surface area contributed by atoms with Gasteiger partial charge in [-0.1, -0.05) is 18.2 Å². The smallest absolute Gasteiger partial charge is 0.348 e. The van der Waals surface area contributed by atoms with Crippen molar-refractivity contribution in [2.24, 2.45) is 0 Å². The summed E-state index contributed by atoms with van der Waals surface area (Å²) in [5.41, 5.74) is -2.98. The van der Waals surface area contributed by atoms with Gasteiger partial charge in [0.25, 0.3) is 20.5 Å². The molecule has 1 N–H and O–H groups in total. The highest BCUT2D eigenvalue weighted by molar-refractivity contribution is 8.13. The van der Waals surface area contributed by atoms with Gasteiger partial charge in [-0.2, -0.15) is 13.2 Å². The molecule has 0 aliphatic carbocycles. The molecule has 0 atom stereocenters. The minimum absolute atomic E-state index is 0.0528. The normalized spacial score (nSPS) is 12.4. The Hall–Kier alpha value is -3.16. The molecule has 1 aromatic heterocycles. The number of aromatic nitrogens is 1. The van der Waals surface area contributed by atoms with E-state index in [1.807, 2.05) is 0 Å². The van der Waals surface area contributed by atoms with Crippen LogP contribution in [0.1, 0.15) is 27.2 Å². The number of pyridine rings is 1. The van der Waals surface area contributed by atoms with Crippen LogP contribution in [0.15, 0.2) is 69.2 Å². The molecule has 3 aromatic rings. The third-order valence-corrected chi connectivity index (χ3v) is 7.71. The van der Waals surface area contributed by atoms with E-state index in [1.165, 1.54) is 31.2 Å². The number of halogens is 4. The number of carbonyl (C=O) groups is 1. The molecular formula is C22H18ClF3N2O6S2. The highest BCUT2D eigenvalue weighted by Gasteiger charge is 2.31. The van der Waals surface area contributed by atoms with Gasteiger partial charge in [0.05, 0.1) is 10.5 Å². The van der Waals surface area contributed by atoms with E-state index in [0.29, 0.717) is 16.2 Å². The molecule has 0 bridgehead atoms. The Morgan fingerprint density at radius 2 is 1.64 bits per heavy atom. The Morgan fingerprint density at radius 3 is 2.17 bits per heavy atom. The van der Waals surface area contributed by atoms with Crippen molar-refractivity contribution in [1.82, 2.24) is 9.88 Å². The van der Waals surface area contributed by atoms with Crippen LogP contribution in [0.3, 0.4) is 0 Å². The van der Waals surface area contributed by atoms with Crippen LogP contribution in [0.25, 0.3) is 5.69 Å². The van der Waals surface area contributed by atoms with Gasteiger partial charge in [0.1, 0.15) is 10.5 Å². The average molecular weight is 563 g/mol. The first-order valence-electron chi connectivity index (χ1n) is 9.96. The molecule has 0 saturated heterocycles. The zero-order chi connectivity index (χ0) is 27.1. The van der Waals surface area contributed by atoms with Gasteiger partial charge in [-0.25, -0.2) is 16.8 Å². The summed E-state index contributed by atoms with van der Waals surface area (Å²) in [5, 5.41) is 2.41. The van der Waals surface area contributed by atoms with Crippen molar-refractivity contribution in [3.8, 4) is 5.69 Å². The predicted molar refractivity (Wildman–Crippen MR) is 126 cm³/mol. The van der Waals surface area contributed by atoms with E-state index in [0.717, 1.165) is 30.5 Å². The average Bonchev–Trinajstić information content (AvgIpc) is 2.76. The van der Waals surface area contributed by atoms with Crippen molar-refractivity contribution >= 4 is 35.5 Å². The van der Waals surface area contributed by atoms with Crippen molar-refractivity contribution in [3.05, 3.63) is 87.3 Å². The number of hydrogen-bond donors (Lipinski definition) is 1. The Labute approximate surface area is 208 Å². The largest absolute Gasteiger partial charge is 0.416 e. The SMILES string of the molecule is Cc1c(S(=O)(=O)Cl)cc(C(=O)NCc2ccc(S(C)(=O)=O)cc2)c(=O)n1-c1cccc(C(F)(F)F)c1. The molecule has 0 unspecified atom stereocenters. The van der Waals surface area contributed by atoms with Crippen LogP contribution in [0, 0.1) is 6.92 Å². The zero-order valence-corrected chi connectivity index (χ0v) is 21.0. The Morgan fingerprint density at radius 1 is 1.03 bits per heavy atom. The third kappa shape index (κ3) is 5.97. The first-order valence-corrected chi connectivity index (χ1v) is 14.2. The summed E-state index contributed by atoms with van der Waals surface area (Å²) in [7, 11) is -2.47. The molecular weight excluding hydrogens is 545 g/mol. The second kappa shape index (κ2) is 9.71. The van der Waals surface area contributed by atoms with Gasteiger partial charge >= 0.3 is 6.18 Å². The quantitative estimate of drug-likeness (QED) is 0.460. The van der Waals surface area contributed by atoms with Crippen molar-refractivity contribution in [1.29, 1.82) is 0 Å². The lowest BCUT2D eigenvalue weighted by Crippen LogP contribution is -2.34. The summed E-state index contributed by atoms with van der Waals surface area (Å²) in [6.07, 6.45) is -3.71. The number of nitrogens with one attached hydrogen (secondary N) is 1. The van der Waals surface area contributed by atoms with Crippen molar-refractivity contribution in [2.75, 3.05) is 6.26 Å². The predicted octanol–water partition coefficient (Wildman–Crippen LogP) is 3.43. The summed E-state index contributed by atoms with van der Waals surface area (Å²) in [4.78, 5) is 25.4. The zero-order valence-electron chi connectivity index (χ0n) is 18.6. The molecule has 0 spiro atoms. The fourth-order valence-electron chi connectivity index (χ4n) is 3.35. The van der Waals surface area contributed by atoms with E-state index in [4.69, 9.17) is 10.7 Å². The van der Waals surface area contributed by atoms with Crippen LogP contribution in [0.5, 0.6) is 0 Å². The number of rotatable bonds is 6. The van der Waals surface area contributed by atoms with E-state index >= 15 is 0 Å². The molecule has 36 heavy (non-hydrogen) atoms. The monoisotopic (exact) mass is 562 g/mol. The van der Waals surface area contributed by atoms with Crippen molar-refractivity contribution in [2.45, 2.75) is 29.4 Å². The van der Waals surface area contributed by atoms with E-state index in [1.54, 1.807) is 0 Å². The van der Waals surface area contributed by atoms with E-state index in [2.05, 4.69) is 5.32 Å². The van der Waals surface area contributed by atoms with E-state index in [9.17, 15) is 39.6 Å². The number of nitrogens with zero attached hydrogens (tertiary/aromatic N) is 1. The topological polar surface area (TPSA) is 119 Å². The molecule has 192 valence electrons. The van der Waals surface area contributed by atoms with Crippen LogP contribution >= 0.6 is 10.7 Å². The lowest BCUT2D eigenvalue weighted by molar-refractivity contribution is -0.137. The lowest BCUT2D eigenvalue weighted by Gasteiger charge is -2.16. The number of carbonyl (C=O) groups excluding carboxylic acids is 1. The molecule has 1 amide bonds. The number of alkyl halides is 3. The highest BCUT2D eigenvalue weighted by Crippen LogP contribution is 2.31. The van der Waals surface area contributed by atoms with E-state index in [-0.39, 0.29) is 22.8 Å². The van der Waals surface area contributed by atoms with Gasteiger partial charge in [0, 0.05) is 34.9 Å². The molecule has 8 nitrogen and oxygen atoms in total. The highest BCUT2D eigenvalue weighted by atomic mass is 35.7. The second-order valence-electron chi connectivity index (χ2n) is 7.73. The first kappa shape index (κ1) is 27.4. The molecule has 0 fully saturated rings. The maximum atomic E-state index is 13.2. The maximum Gasteiger partial charge on any atom is 0.416 e. The molecule has 0 aliphatic rings. The van der Waals surface area contributed by atoms with Crippen LogP contribution in [0.4, 0.5) is 13.2 Å². The molecule has 1 heterocycles. The van der Waals surface area contributed by atoms with Gasteiger partial charge in [0.15, 0.2) is 9.84 Å². The van der Waals surface area contributed by atoms with Gasteiger partial charge < -0.3 is 5.32 Å². The Bertz CT molecular complexity index is 1610. The molecule has 14 heteroatoms. The summed E-state index contributed by atoms with van der Waals surface area (Å²) < 4.78 is 87.7. The van der Waals surface area contributed by atoms with Gasteiger partial charge in [0.2, 0.25) is 0 Å². The van der Waals surface area contributed by atoms with Crippen LogP contribution in [-0.4, -0.2) is 33.6 Å². The number of hydrogen-bond acceptors (Lipinski definition) is 6. The van der Waals surface area contributed by atoms with Gasteiger partial charge in [-0.05, 0) is 48.9 Å². The minimum Gasteiger partial charge on any atom is -0.348 e. The summed E-state index contributed by atoms with van der Waals surface area (Å²) in [6.45, 7) is 1.00. The van der Waals surface area contributed by atoms with Gasteiger partial charge in [-0.3, -0.25) is 14.2 Å². The first-order chi connectivity index (χ1) is 16.5. The molecule has 0 saturated carbocycles. The second-order valence-corrected chi connectivity index (χ2v) is 12.3. The standard InChI is InChI=1S/C22H18ClF3N2O6S2/c1-13-19(36(23,33)34)11-18(20(29)27-12-14-6-8-17(9-7-14)35(2,31)32)21(30)28(13)16-5-3-4-15(10-16)22(24,25)26/h3-11H,12H2,1-2H3,(H,27,29). The van der Waals surface area contributed by atoms with Crippen molar-refractivity contribution in [3.63, 3.8) is 0 Å². The van der Waals surface area contributed by atoms with Gasteiger partial charge in [-0.15, -0.1) is 0 Å². The fraction of sp³-hybridized carbons (Fsp3) is 0.182. The van der Waals surface area contributed by atoms with Crippen LogP contribution in [0.2, 0.25) is 0 Å². The Kier molecular flexibility index (Phi) is 7.40. The number of amides is 1. The summed E-state index contributed by atoms with van der Waals surface area (Å²) in [6, 6.07) is 9.86. The third-order valence-electron chi connectivity index (χ3n) is 5.14. The molecule has 0 radical (unpaired) electrons. The van der Waals surface area contributed by atoms with Crippen LogP contribution in [-0.2, 0) is 31.6 Å². The minimum atomic E-state index is -4.74. The maximum absolute atomic E-state index is 13.2. The number of sulfone groups is 1. The molecule has 3 rings (SSSR count). The molecule has 0 aliphatic heterocycles. The molecule has 2 aromatic carbocycles. The van der Waals surface area contributed by atoms with Crippen molar-refractivity contribution < 1.29 is 34.8 Å². The summed E-state index contributed by atoms with van der Waals surface area (Å²) >= 11 is 0. The van der Waals surface area contributed by atoms with E-state index < -0.39 is 52.6 Å².